The zero-order valence-corrected chi connectivity index (χ0v) is 11.8. The molecule has 0 saturated carbocycles. The van der Waals surface area contributed by atoms with E-state index in [-0.39, 0.29) is 11.4 Å². The molecule has 2 aromatic rings. The number of aryl methyl sites for hydroxylation is 1. The number of hydrogen-bond donors (Lipinski definition) is 0. The Morgan fingerprint density at radius 1 is 1.39 bits per heavy atom. The van der Waals surface area contributed by atoms with E-state index in [0.29, 0.717) is 17.8 Å². The van der Waals surface area contributed by atoms with Crippen LogP contribution in [0.15, 0.2) is 18.2 Å². The second kappa shape index (κ2) is 4.88. The Hall–Kier alpha value is -1.09. The normalized spacial score (nSPS) is 12.3. The Morgan fingerprint density at radius 2 is 2.11 bits per heavy atom. The van der Waals surface area contributed by atoms with Crippen LogP contribution in [0.25, 0.3) is 11.0 Å². The first-order chi connectivity index (χ1) is 8.51. The number of fused-ring (bicyclic) bond motifs is 1. The van der Waals surface area contributed by atoms with E-state index < -0.39 is 0 Å². The Kier molecular flexibility index (Phi) is 3.62. The fourth-order valence-corrected chi connectivity index (χ4v) is 2.37. The quantitative estimate of drug-likeness (QED) is 0.764. The number of rotatable bonds is 4. The highest BCUT2D eigenvalue weighted by atomic mass is 35.5. The van der Waals surface area contributed by atoms with Crippen molar-refractivity contribution >= 4 is 22.6 Å². The highest BCUT2D eigenvalue weighted by Gasteiger charge is 2.24. The number of imidazole rings is 1. The van der Waals surface area contributed by atoms with E-state index in [1.54, 1.807) is 6.07 Å². The van der Waals surface area contributed by atoms with Crippen LogP contribution in [-0.2, 0) is 12.0 Å². The van der Waals surface area contributed by atoms with Crippen molar-refractivity contribution in [2.24, 2.45) is 0 Å². The molecule has 0 aliphatic rings. The Labute approximate surface area is 112 Å². The summed E-state index contributed by atoms with van der Waals surface area (Å²) in [7, 11) is 0. The summed E-state index contributed by atoms with van der Waals surface area (Å²) in [5.74, 6) is 1.08. The van der Waals surface area contributed by atoms with Crippen molar-refractivity contribution in [1.29, 1.82) is 0 Å². The molecule has 1 aromatic heterocycles. The number of aromatic nitrogens is 2. The van der Waals surface area contributed by atoms with Crippen molar-refractivity contribution in [2.75, 3.05) is 5.88 Å². The Bertz CT molecular complexity index is 560. The van der Waals surface area contributed by atoms with Crippen LogP contribution in [-0.4, -0.2) is 15.4 Å². The van der Waals surface area contributed by atoms with Crippen LogP contribution in [0.2, 0.25) is 0 Å². The van der Waals surface area contributed by atoms with Gasteiger partial charge in [-0.1, -0.05) is 13.0 Å². The number of hydrogen-bond acceptors (Lipinski definition) is 1. The summed E-state index contributed by atoms with van der Waals surface area (Å²) in [6.45, 7) is 6.39. The second-order valence-corrected chi connectivity index (χ2v) is 5.45. The molecular formula is C14H18ClFN2. The fraction of sp³-hybridized carbons (Fsp3) is 0.500. The SMILES string of the molecule is CCC(C)(C)n1c(CCCl)nc2c(F)cccc21. The van der Waals surface area contributed by atoms with Gasteiger partial charge in [-0.05, 0) is 32.4 Å². The molecule has 0 aliphatic heterocycles. The number of alkyl halides is 1. The van der Waals surface area contributed by atoms with Crippen LogP contribution in [0.3, 0.4) is 0 Å². The second-order valence-electron chi connectivity index (χ2n) is 5.08. The summed E-state index contributed by atoms with van der Waals surface area (Å²) in [5.41, 5.74) is 1.20. The molecule has 0 amide bonds. The first-order valence-corrected chi connectivity index (χ1v) is 6.77. The maximum atomic E-state index is 13.8. The lowest BCUT2D eigenvalue weighted by molar-refractivity contribution is 0.342. The van der Waals surface area contributed by atoms with Crippen LogP contribution < -0.4 is 0 Å². The molecule has 0 bridgehead atoms. The number of para-hydroxylation sites is 1. The Morgan fingerprint density at radius 3 is 2.72 bits per heavy atom. The van der Waals surface area contributed by atoms with E-state index in [1.165, 1.54) is 6.07 Å². The summed E-state index contributed by atoms with van der Waals surface area (Å²) < 4.78 is 15.9. The third kappa shape index (κ3) is 2.12. The lowest BCUT2D eigenvalue weighted by Gasteiger charge is -2.28. The van der Waals surface area contributed by atoms with E-state index in [0.717, 1.165) is 17.8 Å². The smallest absolute Gasteiger partial charge is 0.151 e. The van der Waals surface area contributed by atoms with Gasteiger partial charge in [0.05, 0.1) is 5.52 Å². The monoisotopic (exact) mass is 268 g/mol. The highest BCUT2D eigenvalue weighted by molar-refractivity contribution is 6.17. The minimum atomic E-state index is -0.269. The molecule has 2 rings (SSSR count). The largest absolute Gasteiger partial charge is 0.322 e. The molecule has 0 unspecified atom stereocenters. The maximum Gasteiger partial charge on any atom is 0.151 e. The van der Waals surface area contributed by atoms with Crippen LogP contribution >= 0.6 is 11.6 Å². The van der Waals surface area contributed by atoms with E-state index in [9.17, 15) is 4.39 Å². The van der Waals surface area contributed by atoms with Crippen molar-refractivity contribution in [3.63, 3.8) is 0 Å². The van der Waals surface area contributed by atoms with Gasteiger partial charge in [-0.2, -0.15) is 0 Å². The fourth-order valence-electron chi connectivity index (χ4n) is 2.20. The van der Waals surface area contributed by atoms with Gasteiger partial charge in [-0.25, -0.2) is 9.37 Å². The molecular weight excluding hydrogens is 251 g/mol. The van der Waals surface area contributed by atoms with Gasteiger partial charge in [0.25, 0.3) is 0 Å². The third-order valence-electron chi connectivity index (χ3n) is 3.49. The standard InChI is InChI=1S/C14H18ClFN2/c1-4-14(2,3)18-11-7-5-6-10(16)13(11)17-12(18)8-9-15/h5-7H,4,8-9H2,1-3H3. The molecule has 0 atom stereocenters. The van der Waals surface area contributed by atoms with Gasteiger partial charge in [0.2, 0.25) is 0 Å². The lowest BCUT2D eigenvalue weighted by Crippen LogP contribution is -2.27. The van der Waals surface area contributed by atoms with Gasteiger partial charge in [-0.3, -0.25) is 0 Å². The van der Waals surface area contributed by atoms with E-state index in [4.69, 9.17) is 11.6 Å². The third-order valence-corrected chi connectivity index (χ3v) is 3.68. The minimum absolute atomic E-state index is 0.0933. The van der Waals surface area contributed by atoms with Crippen molar-refractivity contribution in [2.45, 2.75) is 39.2 Å². The average Bonchev–Trinajstić information content (AvgIpc) is 2.70. The molecule has 1 heterocycles. The van der Waals surface area contributed by atoms with Crippen LogP contribution in [0.5, 0.6) is 0 Å². The molecule has 2 nitrogen and oxygen atoms in total. The van der Waals surface area contributed by atoms with Gasteiger partial charge in [0, 0.05) is 17.8 Å². The summed E-state index contributed by atoms with van der Waals surface area (Å²) >= 11 is 5.82. The van der Waals surface area contributed by atoms with Crippen molar-refractivity contribution in [3.8, 4) is 0 Å². The molecule has 0 fully saturated rings. The number of benzene rings is 1. The van der Waals surface area contributed by atoms with E-state index in [1.807, 2.05) is 6.07 Å². The first kappa shape index (κ1) is 13.3. The Balaban J connectivity index is 2.74. The van der Waals surface area contributed by atoms with E-state index in [2.05, 4.69) is 30.3 Å². The van der Waals surface area contributed by atoms with Gasteiger partial charge >= 0.3 is 0 Å². The maximum absolute atomic E-state index is 13.8. The zero-order chi connectivity index (χ0) is 13.3. The molecule has 18 heavy (non-hydrogen) atoms. The van der Waals surface area contributed by atoms with Crippen molar-refractivity contribution in [1.82, 2.24) is 9.55 Å². The molecule has 0 spiro atoms. The lowest BCUT2D eigenvalue weighted by atomic mass is 10.0. The summed E-state index contributed by atoms with van der Waals surface area (Å²) in [6, 6.07) is 5.09. The molecule has 0 radical (unpaired) electrons. The topological polar surface area (TPSA) is 17.8 Å². The van der Waals surface area contributed by atoms with Gasteiger partial charge in [0.15, 0.2) is 5.82 Å². The number of halogens is 2. The molecule has 0 aliphatic carbocycles. The van der Waals surface area contributed by atoms with E-state index >= 15 is 0 Å². The molecule has 0 N–H and O–H groups in total. The molecule has 4 heteroatoms. The van der Waals surface area contributed by atoms with Crippen LogP contribution in [0, 0.1) is 5.82 Å². The minimum Gasteiger partial charge on any atom is -0.322 e. The van der Waals surface area contributed by atoms with Gasteiger partial charge < -0.3 is 4.57 Å². The average molecular weight is 269 g/mol. The van der Waals surface area contributed by atoms with Crippen LogP contribution in [0.1, 0.15) is 33.0 Å². The van der Waals surface area contributed by atoms with Crippen molar-refractivity contribution in [3.05, 3.63) is 29.8 Å². The predicted octanol–water partition coefficient (Wildman–Crippen LogP) is 4.10. The summed E-state index contributed by atoms with van der Waals surface area (Å²) in [6.07, 6.45) is 1.60. The zero-order valence-electron chi connectivity index (χ0n) is 11.0. The summed E-state index contributed by atoms with van der Waals surface area (Å²) in [4.78, 5) is 4.42. The van der Waals surface area contributed by atoms with Gasteiger partial charge in [-0.15, -0.1) is 11.6 Å². The van der Waals surface area contributed by atoms with Crippen molar-refractivity contribution < 1.29 is 4.39 Å². The first-order valence-electron chi connectivity index (χ1n) is 6.23. The van der Waals surface area contributed by atoms with Gasteiger partial charge in [0.1, 0.15) is 11.3 Å². The molecule has 98 valence electrons. The molecule has 0 saturated heterocycles. The predicted molar refractivity (Wildman–Crippen MR) is 73.7 cm³/mol. The summed E-state index contributed by atoms with van der Waals surface area (Å²) in [5, 5.41) is 0. The van der Waals surface area contributed by atoms with Crippen LogP contribution in [0.4, 0.5) is 4.39 Å². The molecule has 1 aromatic carbocycles. The highest BCUT2D eigenvalue weighted by Crippen LogP contribution is 2.29. The number of nitrogens with zero attached hydrogens (tertiary/aromatic N) is 2.